The van der Waals surface area contributed by atoms with Crippen LogP contribution in [0.5, 0.6) is 0 Å². The molecule has 64 valence electrons. The molecule has 0 unspecified atom stereocenters. The smallest absolute Gasteiger partial charge is 0.0541 e. The Morgan fingerprint density at radius 1 is 1.64 bits per heavy atom. The summed E-state index contributed by atoms with van der Waals surface area (Å²) in [6, 6.07) is 0.168. The first kappa shape index (κ1) is 10.4. The highest BCUT2D eigenvalue weighted by atomic mass is 14.8. The van der Waals surface area contributed by atoms with Gasteiger partial charge in [-0.2, -0.15) is 0 Å². The molecule has 0 aliphatic rings. The summed E-state index contributed by atoms with van der Waals surface area (Å²) < 4.78 is 0. The quantitative estimate of drug-likeness (QED) is 0.616. The standard InChI is InChI=1S/C9H18N2/c1-4-6-9(5-2)11-7-8(3)10/h4,6,8H,5,7,10H2,1-3H3/b6-4-,11-9+/t8-/m0/s1. The summed E-state index contributed by atoms with van der Waals surface area (Å²) in [5, 5.41) is 0. The van der Waals surface area contributed by atoms with Crippen LogP contribution in [0.15, 0.2) is 17.1 Å². The van der Waals surface area contributed by atoms with Crippen molar-refractivity contribution in [2.24, 2.45) is 10.7 Å². The summed E-state index contributed by atoms with van der Waals surface area (Å²) in [5.41, 5.74) is 6.69. The van der Waals surface area contributed by atoms with Crippen molar-refractivity contribution in [2.75, 3.05) is 6.54 Å². The SMILES string of the molecule is C/C=C\C(CC)=N\C[C@H](C)N. The Morgan fingerprint density at radius 3 is 2.64 bits per heavy atom. The maximum Gasteiger partial charge on any atom is 0.0541 e. The van der Waals surface area contributed by atoms with Crippen LogP contribution in [0.1, 0.15) is 27.2 Å². The predicted octanol–water partition coefficient (Wildman–Crippen LogP) is 1.76. The third kappa shape index (κ3) is 5.80. The van der Waals surface area contributed by atoms with Crippen molar-refractivity contribution < 1.29 is 0 Å². The molecule has 1 atom stereocenters. The van der Waals surface area contributed by atoms with Crippen LogP contribution in [0, 0.1) is 0 Å². The van der Waals surface area contributed by atoms with Crippen LogP contribution < -0.4 is 5.73 Å². The second-order valence-electron chi connectivity index (χ2n) is 2.66. The van der Waals surface area contributed by atoms with Crippen LogP contribution in [0.2, 0.25) is 0 Å². The molecule has 0 fully saturated rings. The minimum atomic E-state index is 0.168. The lowest BCUT2D eigenvalue weighted by Crippen LogP contribution is -2.19. The molecule has 2 N–H and O–H groups in total. The molecule has 0 bridgehead atoms. The lowest BCUT2D eigenvalue weighted by atomic mass is 10.2. The van der Waals surface area contributed by atoms with E-state index < -0.39 is 0 Å². The molecular formula is C9H18N2. The van der Waals surface area contributed by atoms with E-state index in [1.54, 1.807) is 0 Å². The van der Waals surface area contributed by atoms with Crippen molar-refractivity contribution in [1.29, 1.82) is 0 Å². The lowest BCUT2D eigenvalue weighted by molar-refractivity contribution is 0.752. The average molecular weight is 154 g/mol. The molecule has 0 saturated heterocycles. The summed E-state index contributed by atoms with van der Waals surface area (Å²) in [7, 11) is 0. The Hall–Kier alpha value is -0.630. The molecule has 0 saturated carbocycles. The van der Waals surface area contributed by atoms with E-state index in [9.17, 15) is 0 Å². The van der Waals surface area contributed by atoms with E-state index in [0.717, 1.165) is 18.7 Å². The van der Waals surface area contributed by atoms with Crippen molar-refractivity contribution in [3.63, 3.8) is 0 Å². The third-order valence-corrected chi connectivity index (χ3v) is 1.30. The largest absolute Gasteiger partial charge is 0.326 e. The van der Waals surface area contributed by atoms with Crippen LogP contribution in [-0.4, -0.2) is 18.3 Å². The molecule has 2 nitrogen and oxygen atoms in total. The van der Waals surface area contributed by atoms with Gasteiger partial charge in [0, 0.05) is 11.8 Å². The van der Waals surface area contributed by atoms with E-state index in [4.69, 9.17) is 5.73 Å². The highest BCUT2D eigenvalue weighted by molar-refractivity contribution is 5.94. The first-order chi connectivity index (χ1) is 5.20. The molecular weight excluding hydrogens is 136 g/mol. The number of rotatable bonds is 4. The fourth-order valence-electron chi connectivity index (χ4n) is 0.736. The predicted molar refractivity (Wildman–Crippen MR) is 51.1 cm³/mol. The zero-order chi connectivity index (χ0) is 8.69. The Balaban J connectivity index is 3.90. The Kier molecular flexibility index (Phi) is 5.75. The number of hydrogen-bond acceptors (Lipinski definition) is 2. The highest BCUT2D eigenvalue weighted by Gasteiger charge is 1.91. The van der Waals surface area contributed by atoms with Crippen molar-refractivity contribution in [3.8, 4) is 0 Å². The summed E-state index contributed by atoms with van der Waals surface area (Å²) in [6.07, 6.45) is 5.02. The minimum absolute atomic E-state index is 0.168. The van der Waals surface area contributed by atoms with Gasteiger partial charge in [-0.15, -0.1) is 0 Å². The number of nitrogens with two attached hydrogens (primary N) is 1. The first-order valence-corrected chi connectivity index (χ1v) is 4.12. The van der Waals surface area contributed by atoms with Gasteiger partial charge >= 0.3 is 0 Å². The van der Waals surface area contributed by atoms with Crippen LogP contribution in [-0.2, 0) is 0 Å². The van der Waals surface area contributed by atoms with Crippen molar-refractivity contribution in [1.82, 2.24) is 0 Å². The molecule has 0 amide bonds. The van der Waals surface area contributed by atoms with Crippen LogP contribution in [0.25, 0.3) is 0 Å². The summed E-state index contributed by atoms with van der Waals surface area (Å²) >= 11 is 0. The van der Waals surface area contributed by atoms with Gasteiger partial charge in [0.2, 0.25) is 0 Å². The Labute approximate surface area is 69.2 Å². The van der Waals surface area contributed by atoms with Gasteiger partial charge < -0.3 is 5.73 Å². The molecule has 2 heteroatoms. The van der Waals surface area contributed by atoms with E-state index in [-0.39, 0.29) is 6.04 Å². The monoisotopic (exact) mass is 154 g/mol. The molecule has 0 aromatic heterocycles. The van der Waals surface area contributed by atoms with Gasteiger partial charge in [-0.1, -0.05) is 13.0 Å². The van der Waals surface area contributed by atoms with Crippen molar-refractivity contribution in [3.05, 3.63) is 12.2 Å². The Bertz CT molecular complexity index is 146. The summed E-state index contributed by atoms with van der Waals surface area (Å²) in [6.45, 7) is 6.79. The van der Waals surface area contributed by atoms with Gasteiger partial charge in [-0.3, -0.25) is 4.99 Å². The van der Waals surface area contributed by atoms with E-state index >= 15 is 0 Å². The van der Waals surface area contributed by atoms with Gasteiger partial charge in [-0.25, -0.2) is 0 Å². The highest BCUT2D eigenvalue weighted by Crippen LogP contribution is 1.90. The molecule has 0 heterocycles. The van der Waals surface area contributed by atoms with Gasteiger partial charge in [0.25, 0.3) is 0 Å². The lowest BCUT2D eigenvalue weighted by Gasteiger charge is -2.00. The van der Waals surface area contributed by atoms with Crippen molar-refractivity contribution >= 4 is 5.71 Å². The second-order valence-corrected chi connectivity index (χ2v) is 2.66. The molecule has 0 radical (unpaired) electrons. The third-order valence-electron chi connectivity index (χ3n) is 1.30. The second kappa shape index (κ2) is 6.10. The van der Waals surface area contributed by atoms with E-state index in [2.05, 4.69) is 11.9 Å². The fourth-order valence-corrected chi connectivity index (χ4v) is 0.736. The minimum Gasteiger partial charge on any atom is -0.326 e. The van der Waals surface area contributed by atoms with Gasteiger partial charge in [0.15, 0.2) is 0 Å². The van der Waals surface area contributed by atoms with Crippen LogP contribution >= 0.6 is 0 Å². The van der Waals surface area contributed by atoms with E-state index in [1.807, 2.05) is 26.0 Å². The molecule has 0 aliphatic carbocycles. The molecule has 0 aromatic rings. The Morgan fingerprint density at radius 2 is 2.27 bits per heavy atom. The van der Waals surface area contributed by atoms with Gasteiger partial charge in [0.1, 0.15) is 0 Å². The zero-order valence-electron chi connectivity index (χ0n) is 7.67. The molecule has 0 rings (SSSR count). The number of nitrogens with zero attached hydrogens (tertiary/aromatic N) is 1. The topological polar surface area (TPSA) is 38.4 Å². The van der Waals surface area contributed by atoms with E-state index in [1.165, 1.54) is 0 Å². The van der Waals surface area contributed by atoms with Gasteiger partial charge in [0.05, 0.1) is 6.54 Å². The molecule has 0 aliphatic heterocycles. The number of hydrogen-bond donors (Lipinski definition) is 1. The summed E-state index contributed by atoms with van der Waals surface area (Å²) in [4.78, 5) is 4.34. The number of aliphatic imine (C=N–C) groups is 1. The summed E-state index contributed by atoms with van der Waals surface area (Å²) in [5.74, 6) is 0. The fraction of sp³-hybridized carbons (Fsp3) is 0.667. The maximum absolute atomic E-state index is 5.56. The average Bonchev–Trinajstić information content (AvgIpc) is 1.97. The normalized spacial score (nSPS) is 15.8. The van der Waals surface area contributed by atoms with Crippen molar-refractivity contribution in [2.45, 2.75) is 33.2 Å². The van der Waals surface area contributed by atoms with Gasteiger partial charge in [-0.05, 0) is 26.3 Å². The number of allylic oxidation sites excluding steroid dienone is 2. The molecule has 0 aromatic carbocycles. The zero-order valence-corrected chi connectivity index (χ0v) is 7.67. The maximum atomic E-state index is 5.56. The van der Waals surface area contributed by atoms with E-state index in [0.29, 0.717) is 0 Å². The first-order valence-electron chi connectivity index (χ1n) is 4.12. The molecule has 11 heavy (non-hydrogen) atoms. The van der Waals surface area contributed by atoms with Crippen LogP contribution in [0.4, 0.5) is 0 Å². The molecule has 0 spiro atoms. The van der Waals surface area contributed by atoms with Crippen LogP contribution in [0.3, 0.4) is 0 Å².